The van der Waals surface area contributed by atoms with E-state index in [1.54, 1.807) is 6.07 Å². The number of benzene rings is 2. The summed E-state index contributed by atoms with van der Waals surface area (Å²) in [6, 6.07) is 13.5. The molecular weight excluding hydrogens is 312 g/mol. The van der Waals surface area contributed by atoms with Crippen molar-refractivity contribution in [2.45, 2.75) is 59.5 Å². The fraction of sp³-hybridized carbons (Fsp3) is 0.429. The van der Waals surface area contributed by atoms with Crippen molar-refractivity contribution in [3.63, 3.8) is 0 Å². The molecule has 25 heavy (non-hydrogen) atoms. The number of nitrogens with zero attached hydrogens (tertiary/aromatic N) is 2. The van der Waals surface area contributed by atoms with E-state index in [9.17, 15) is 10.1 Å². The van der Waals surface area contributed by atoms with Gasteiger partial charge in [0.25, 0.3) is 5.69 Å². The first-order valence-electron chi connectivity index (χ1n) is 8.56. The first-order valence-corrected chi connectivity index (χ1v) is 8.56. The van der Waals surface area contributed by atoms with E-state index in [1.807, 2.05) is 84.9 Å². The predicted octanol–water partition coefficient (Wildman–Crippen LogP) is 5.97. The van der Waals surface area contributed by atoms with Gasteiger partial charge in [-0.05, 0) is 44.9 Å². The van der Waals surface area contributed by atoms with Crippen molar-refractivity contribution in [2.24, 2.45) is 0 Å². The van der Waals surface area contributed by atoms with Crippen LogP contribution in [0.3, 0.4) is 0 Å². The van der Waals surface area contributed by atoms with Gasteiger partial charge in [-0.2, -0.15) is 0 Å². The van der Waals surface area contributed by atoms with Gasteiger partial charge < -0.3 is 10.3 Å². The van der Waals surface area contributed by atoms with Crippen LogP contribution in [0, 0.1) is 17.0 Å². The highest BCUT2D eigenvalue weighted by atomic mass is 16.5. The Hall–Kier alpha value is -2.20. The summed E-state index contributed by atoms with van der Waals surface area (Å²) in [4.78, 5) is 12.7. The van der Waals surface area contributed by atoms with Gasteiger partial charge in [0.05, 0.1) is 0 Å². The molecule has 0 aliphatic carbocycles. The molecule has 0 heterocycles. The van der Waals surface area contributed by atoms with Gasteiger partial charge in [0.15, 0.2) is 0 Å². The molecule has 134 valence electrons. The molecule has 2 aromatic carbocycles. The fourth-order valence-corrected chi connectivity index (χ4v) is 2.52. The summed E-state index contributed by atoms with van der Waals surface area (Å²) in [5.41, 5.74) is 2.83. The van der Waals surface area contributed by atoms with Crippen molar-refractivity contribution >= 4 is 11.4 Å². The average molecular weight is 340 g/mol. The molecule has 0 bridgehead atoms. The standard InChI is InChI=1S/C21H28N2O2/c1-15-8-10-16(11-9-15)17-12-18(22(24)20(2,3)4)14-19(13-17)23(25)21(5,6)7/h8-14H,1-7H3. The van der Waals surface area contributed by atoms with Crippen molar-refractivity contribution in [2.75, 3.05) is 5.06 Å². The fourth-order valence-electron chi connectivity index (χ4n) is 2.52. The second kappa shape index (κ2) is 6.60. The van der Waals surface area contributed by atoms with Crippen LogP contribution in [0.1, 0.15) is 47.1 Å². The van der Waals surface area contributed by atoms with Crippen molar-refractivity contribution in [3.8, 4) is 11.1 Å². The summed E-state index contributed by atoms with van der Waals surface area (Å²) in [5.74, 6) is 0. The lowest BCUT2D eigenvalue weighted by molar-refractivity contribution is -0.540. The van der Waals surface area contributed by atoms with Crippen LogP contribution in [-0.4, -0.2) is 15.8 Å². The zero-order valence-electron chi connectivity index (χ0n) is 16.3. The summed E-state index contributed by atoms with van der Waals surface area (Å²) < 4.78 is 0.963. The van der Waals surface area contributed by atoms with Crippen LogP contribution in [-0.2, 0) is 0 Å². The Labute approximate surface area is 150 Å². The molecule has 0 fully saturated rings. The number of hydroxylamine groups is 1. The zero-order valence-corrected chi connectivity index (χ0v) is 16.3. The Morgan fingerprint density at radius 2 is 1.44 bits per heavy atom. The largest absolute Gasteiger partial charge is 0.758 e. The summed E-state index contributed by atoms with van der Waals surface area (Å²) in [5, 5.41) is 13.7. The molecule has 0 amide bonds. The SMILES string of the molecule is Cc1ccc(-c2cc(N([O-])C(C)(C)C)cc([N+](=O)C(C)(C)C)c2)cc1. The van der Waals surface area contributed by atoms with Gasteiger partial charge in [-0.15, -0.1) is 0 Å². The van der Waals surface area contributed by atoms with Crippen molar-refractivity contribution in [1.29, 1.82) is 0 Å². The number of rotatable bonds is 3. The van der Waals surface area contributed by atoms with Gasteiger partial charge >= 0.3 is 0 Å². The third kappa shape index (κ3) is 4.45. The van der Waals surface area contributed by atoms with Gasteiger partial charge in [-0.1, -0.05) is 29.8 Å². The Kier molecular flexibility index (Phi) is 5.05. The predicted molar refractivity (Wildman–Crippen MR) is 105 cm³/mol. The Bertz CT molecular complexity index is 766. The smallest absolute Gasteiger partial charge is 0.259 e. The van der Waals surface area contributed by atoms with E-state index in [1.165, 1.54) is 5.56 Å². The van der Waals surface area contributed by atoms with Gasteiger partial charge in [-0.25, -0.2) is 0 Å². The van der Waals surface area contributed by atoms with Crippen molar-refractivity contribution in [1.82, 2.24) is 0 Å². The normalized spacial score (nSPS) is 12.2. The molecule has 0 atom stereocenters. The summed E-state index contributed by atoms with van der Waals surface area (Å²) in [7, 11) is 0. The molecule has 0 radical (unpaired) electrons. The third-order valence-corrected chi connectivity index (χ3v) is 3.97. The Morgan fingerprint density at radius 1 is 0.880 bits per heavy atom. The van der Waals surface area contributed by atoms with E-state index in [2.05, 4.69) is 0 Å². The van der Waals surface area contributed by atoms with E-state index in [0.29, 0.717) is 11.4 Å². The van der Waals surface area contributed by atoms with E-state index in [-0.39, 0.29) is 0 Å². The highest BCUT2D eigenvalue weighted by Gasteiger charge is 2.32. The lowest BCUT2D eigenvalue weighted by atomic mass is 10.00. The van der Waals surface area contributed by atoms with Gasteiger partial charge in [0, 0.05) is 53.8 Å². The molecule has 0 N–H and O–H groups in total. The topological polar surface area (TPSA) is 46.4 Å². The minimum atomic E-state index is -0.585. The molecule has 2 aromatic rings. The number of aryl methyl sites for hydroxylation is 1. The maximum atomic E-state index is 12.7. The van der Waals surface area contributed by atoms with E-state index in [4.69, 9.17) is 0 Å². The summed E-state index contributed by atoms with van der Waals surface area (Å²) in [6.07, 6.45) is 0. The van der Waals surface area contributed by atoms with Crippen LogP contribution in [0.25, 0.3) is 11.1 Å². The van der Waals surface area contributed by atoms with Crippen LogP contribution in [0.5, 0.6) is 0 Å². The zero-order chi connectivity index (χ0) is 19.0. The average Bonchev–Trinajstić information content (AvgIpc) is 2.52. The molecule has 0 saturated heterocycles. The van der Waals surface area contributed by atoms with E-state index >= 15 is 0 Å². The first-order chi connectivity index (χ1) is 11.4. The summed E-state index contributed by atoms with van der Waals surface area (Å²) in [6.45, 7) is 13.2. The van der Waals surface area contributed by atoms with Crippen LogP contribution in [0.2, 0.25) is 0 Å². The van der Waals surface area contributed by atoms with E-state index in [0.717, 1.165) is 21.0 Å². The number of hydrogen-bond acceptors (Lipinski definition) is 3. The molecule has 0 spiro atoms. The Balaban J connectivity index is 2.63. The minimum Gasteiger partial charge on any atom is -0.758 e. The van der Waals surface area contributed by atoms with Gasteiger partial charge in [0.2, 0.25) is 5.54 Å². The molecular formula is C21H28N2O2. The molecule has 0 aliphatic rings. The molecule has 2 rings (SSSR count). The second-order valence-corrected chi connectivity index (χ2v) is 8.53. The van der Waals surface area contributed by atoms with Crippen LogP contribution >= 0.6 is 0 Å². The Morgan fingerprint density at radius 3 is 1.92 bits per heavy atom. The van der Waals surface area contributed by atoms with Gasteiger partial charge in [0.1, 0.15) is 0 Å². The maximum Gasteiger partial charge on any atom is 0.259 e. The molecule has 0 unspecified atom stereocenters. The third-order valence-electron chi connectivity index (χ3n) is 3.97. The van der Waals surface area contributed by atoms with Crippen LogP contribution in [0.4, 0.5) is 11.4 Å². The first kappa shape index (κ1) is 19.1. The minimum absolute atomic E-state index is 0.491. The number of anilines is 1. The highest BCUT2D eigenvalue weighted by molar-refractivity contribution is 5.73. The van der Waals surface area contributed by atoms with Crippen LogP contribution in [0.15, 0.2) is 42.5 Å². The number of nitroso groups, excluding NO2 is 1. The second-order valence-electron chi connectivity index (χ2n) is 8.53. The lowest BCUT2D eigenvalue weighted by Crippen LogP contribution is -2.36. The van der Waals surface area contributed by atoms with Crippen LogP contribution < -0.4 is 5.06 Å². The van der Waals surface area contributed by atoms with Crippen molar-refractivity contribution < 1.29 is 4.76 Å². The molecule has 4 nitrogen and oxygen atoms in total. The molecule has 4 heteroatoms. The maximum absolute atomic E-state index is 12.7. The van der Waals surface area contributed by atoms with E-state index < -0.39 is 11.1 Å². The van der Waals surface area contributed by atoms with Crippen molar-refractivity contribution in [3.05, 3.63) is 58.1 Å². The molecule has 0 aromatic heterocycles. The lowest BCUT2D eigenvalue weighted by Gasteiger charge is -2.43. The number of hydrogen-bond donors (Lipinski definition) is 0. The monoisotopic (exact) mass is 340 g/mol. The quantitative estimate of drug-likeness (QED) is 0.510. The highest BCUT2D eigenvalue weighted by Crippen LogP contribution is 2.34. The van der Waals surface area contributed by atoms with Gasteiger partial charge in [-0.3, -0.25) is 0 Å². The molecule has 0 saturated carbocycles. The molecule has 0 aliphatic heterocycles. The summed E-state index contributed by atoms with van der Waals surface area (Å²) >= 11 is 0.